The van der Waals surface area contributed by atoms with E-state index in [1.165, 1.54) is 0 Å². The number of hydrogen-bond donors (Lipinski definition) is 0. The highest BCUT2D eigenvalue weighted by Gasteiger charge is 2.15. The van der Waals surface area contributed by atoms with Crippen LogP contribution in [0.5, 0.6) is 5.88 Å². The zero-order valence-electron chi connectivity index (χ0n) is 19.3. The lowest BCUT2D eigenvalue weighted by molar-refractivity contribution is 0.140. The normalized spacial score (nSPS) is 11.1. The summed E-state index contributed by atoms with van der Waals surface area (Å²) in [6.45, 7) is 10.1. The molecule has 2 heterocycles. The number of pyridine rings is 1. The lowest BCUT2D eigenvalue weighted by Crippen LogP contribution is -2.39. The third-order valence-electron chi connectivity index (χ3n) is 5.03. The number of nitrogens with zero attached hydrogens (tertiary/aromatic N) is 5. The van der Waals surface area contributed by atoms with E-state index in [0.717, 1.165) is 17.8 Å². The minimum Gasteiger partial charge on any atom is -0.474 e. The molecule has 0 aliphatic carbocycles. The minimum atomic E-state index is 0.444. The molecule has 31 heavy (non-hydrogen) atoms. The first-order valence-corrected chi connectivity index (χ1v) is 10.7. The Balaban J connectivity index is 1.86. The van der Waals surface area contributed by atoms with Gasteiger partial charge in [0, 0.05) is 50.2 Å². The molecule has 0 aliphatic rings. The van der Waals surface area contributed by atoms with Gasteiger partial charge in [0.25, 0.3) is 0 Å². The average Bonchev–Trinajstić information content (AvgIpc) is 2.74. The second-order valence-corrected chi connectivity index (χ2v) is 8.19. The Morgan fingerprint density at radius 2 is 1.65 bits per heavy atom. The summed E-state index contributed by atoms with van der Waals surface area (Å²) < 4.78 is 6.06. The number of aromatic nitrogens is 3. The quantitative estimate of drug-likeness (QED) is 0.542. The largest absolute Gasteiger partial charge is 0.474 e. The van der Waals surface area contributed by atoms with Crippen LogP contribution < -0.4 is 9.64 Å². The molecule has 3 rings (SSSR count). The van der Waals surface area contributed by atoms with Crippen molar-refractivity contribution in [3.63, 3.8) is 0 Å². The Labute approximate surface area is 185 Å². The number of fused-ring (bicyclic) bond motifs is 1. The van der Waals surface area contributed by atoms with E-state index in [0.29, 0.717) is 41.4 Å². The van der Waals surface area contributed by atoms with Crippen molar-refractivity contribution in [2.45, 2.75) is 39.8 Å². The van der Waals surface area contributed by atoms with Gasteiger partial charge in [-0.25, -0.2) is 15.0 Å². The second-order valence-electron chi connectivity index (χ2n) is 8.19. The zero-order valence-corrected chi connectivity index (χ0v) is 19.3. The van der Waals surface area contributed by atoms with Crippen molar-refractivity contribution in [1.29, 1.82) is 0 Å². The van der Waals surface area contributed by atoms with Crippen LogP contribution in [-0.4, -0.2) is 59.2 Å². The van der Waals surface area contributed by atoms with Crippen LogP contribution in [0.1, 0.15) is 39.0 Å². The van der Waals surface area contributed by atoms with Crippen molar-refractivity contribution in [3.8, 4) is 17.7 Å². The highest BCUT2D eigenvalue weighted by atomic mass is 16.5. The first kappa shape index (κ1) is 22.5. The number of anilines is 1. The van der Waals surface area contributed by atoms with Crippen LogP contribution in [0.4, 0.5) is 5.69 Å². The van der Waals surface area contributed by atoms with Gasteiger partial charge >= 0.3 is 0 Å². The van der Waals surface area contributed by atoms with Gasteiger partial charge in [-0.05, 0) is 70.0 Å². The van der Waals surface area contributed by atoms with Crippen LogP contribution in [0.25, 0.3) is 11.2 Å². The van der Waals surface area contributed by atoms with Crippen molar-refractivity contribution in [2.24, 2.45) is 0 Å². The number of ether oxygens (including phenoxy) is 1. The standard InChI is InChI=1S/C25H31N5O/c1-18(2)30(19(3)4)16-17-31-25-23(27-24-22(28-25)8-7-15-26-24)14-11-20-9-12-21(13-10-20)29(5)6/h7-10,12-13,15,18-19H,16-17H2,1-6H3. The summed E-state index contributed by atoms with van der Waals surface area (Å²) in [5, 5.41) is 0. The van der Waals surface area contributed by atoms with Crippen LogP contribution in [0.15, 0.2) is 42.6 Å². The highest BCUT2D eigenvalue weighted by Crippen LogP contribution is 2.18. The van der Waals surface area contributed by atoms with Gasteiger partial charge in [-0.3, -0.25) is 4.90 Å². The van der Waals surface area contributed by atoms with Crippen LogP contribution in [0.2, 0.25) is 0 Å². The zero-order chi connectivity index (χ0) is 22.4. The van der Waals surface area contributed by atoms with Crippen molar-refractivity contribution < 1.29 is 4.74 Å². The molecular weight excluding hydrogens is 386 g/mol. The Morgan fingerprint density at radius 3 is 2.29 bits per heavy atom. The molecule has 6 nitrogen and oxygen atoms in total. The summed E-state index contributed by atoms with van der Waals surface area (Å²) >= 11 is 0. The maximum atomic E-state index is 6.06. The fourth-order valence-corrected chi connectivity index (χ4v) is 3.39. The fraction of sp³-hybridized carbons (Fsp3) is 0.400. The molecule has 0 bridgehead atoms. The lowest BCUT2D eigenvalue weighted by atomic mass is 10.2. The van der Waals surface area contributed by atoms with E-state index < -0.39 is 0 Å². The van der Waals surface area contributed by atoms with Crippen LogP contribution in [0, 0.1) is 11.8 Å². The van der Waals surface area contributed by atoms with Gasteiger partial charge in [-0.15, -0.1) is 0 Å². The Hall–Kier alpha value is -3.17. The summed E-state index contributed by atoms with van der Waals surface area (Å²) in [5.41, 5.74) is 3.80. The summed E-state index contributed by atoms with van der Waals surface area (Å²) in [7, 11) is 4.03. The molecule has 3 aromatic rings. The van der Waals surface area contributed by atoms with Crippen molar-refractivity contribution in [2.75, 3.05) is 32.1 Å². The summed E-state index contributed by atoms with van der Waals surface area (Å²) in [6.07, 6.45) is 1.71. The van der Waals surface area contributed by atoms with Gasteiger partial charge in [0.05, 0.1) is 0 Å². The van der Waals surface area contributed by atoms with Crippen molar-refractivity contribution in [3.05, 3.63) is 53.9 Å². The van der Waals surface area contributed by atoms with E-state index in [1.54, 1.807) is 6.20 Å². The lowest BCUT2D eigenvalue weighted by Gasteiger charge is -2.30. The van der Waals surface area contributed by atoms with E-state index in [4.69, 9.17) is 4.74 Å². The SMILES string of the molecule is CC(C)N(CCOc1nc2cccnc2nc1C#Cc1ccc(N(C)C)cc1)C(C)C. The van der Waals surface area contributed by atoms with Crippen LogP contribution in [0.3, 0.4) is 0 Å². The third-order valence-corrected chi connectivity index (χ3v) is 5.03. The van der Waals surface area contributed by atoms with E-state index in [9.17, 15) is 0 Å². The van der Waals surface area contributed by atoms with E-state index in [2.05, 4.69) is 64.3 Å². The maximum Gasteiger partial charge on any atom is 0.249 e. The molecule has 0 saturated carbocycles. The number of benzene rings is 1. The predicted octanol–water partition coefficient (Wildman–Crippen LogP) is 3.99. The molecule has 0 unspecified atom stereocenters. The number of rotatable bonds is 7. The van der Waals surface area contributed by atoms with Gasteiger partial charge < -0.3 is 9.64 Å². The molecule has 0 spiro atoms. The Bertz CT molecular complexity index is 1060. The first-order chi connectivity index (χ1) is 14.8. The van der Waals surface area contributed by atoms with Crippen molar-refractivity contribution in [1.82, 2.24) is 19.9 Å². The second kappa shape index (κ2) is 10.2. The average molecular weight is 418 g/mol. The van der Waals surface area contributed by atoms with Crippen LogP contribution in [-0.2, 0) is 0 Å². The smallest absolute Gasteiger partial charge is 0.249 e. The molecule has 0 aliphatic heterocycles. The van der Waals surface area contributed by atoms with Gasteiger partial charge in [-0.2, -0.15) is 0 Å². The molecule has 1 aromatic carbocycles. The molecular formula is C25H31N5O. The predicted molar refractivity (Wildman–Crippen MR) is 127 cm³/mol. The van der Waals surface area contributed by atoms with Gasteiger partial charge in [-0.1, -0.05) is 5.92 Å². The summed E-state index contributed by atoms with van der Waals surface area (Å²) in [6, 6.07) is 12.7. The van der Waals surface area contributed by atoms with E-state index in [1.807, 2.05) is 50.5 Å². The number of hydrogen-bond acceptors (Lipinski definition) is 6. The molecule has 2 aromatic heterocycles. The Morgan fingerprint density at radius 1 is 0.935 bits per heavy atom. The fourth-order valence-electron chi connectivity index (χ4n) is 3.39. The monoisotopic (exact) mass is 417 g/mol. The molecule has 0 radical (unpaired) electrons. The van der Waals surface area contributed by atoms with Gasteiger partial charge in [0.15, 0.2) is 11.3 Å². The molecule has 0 N–H and O–H groups in total. The first-order valence-electron chi connectivity index (χ1n) is 10.7. The topological polar surface area (TPSA) is 54.4 Å². The molecule has 6 heteroatoms. The molecule has 0 saturated heterocycles. The summed E-state index contributed by atoms with van der Waals surface area (Å²) in [5.74, 6) is 6.77. The van der Waals surface area contributed by atoms with Crippen molar-refractivity contribution >= 4 is 16.9 Å². The van der Waals surface area contributed by atoms with Gasteiger partial charge in [0.2, 0.25) is 5.88 Å². The molecule has 0 atom stereocenters. The highest BCUT2D eigenvalue weighted by molar-refractivity contribution is 5.71. The van der Waals surface area contributed by atoms with Crippen LogP contribution >= 0.6 is 0 Å². The van der Waals surface area contributed by atoms with E-state index in [-0.39, 0.29) is 0 Å². The molecule has 0 amide bonds. The minimum absolute atomic E-state index is 0.444. The molecule has 0 fully saturated rings. The third kappa shape index (κ3) is 5.93. The maximum absolute atomic E-state index is 6.06. The summed E-state index contributed by atoms with van der Waals surface area (Å²) in [4.78, 5) is 18.0. The van der Waals surface area contributed by atoms with E-state index >= 15 is 0 Å². The molecule has 162 valence electrons. The van der Waals surface area contributed by atoms with Gasteiger partial charge in [0.1, 0.15) is 12.1 Å². The Kier molecular flexibility index (Phi) is 7.43.